The molecule has 6 heteroatoms. The maximum absolute atomic E-state index is 12.1. The number of sulfonamides is 1. The van der Waals surface area contributed by atoms with Crippen LogP contribution in [0.4, 0.5) is 0 Å². The first-order valence-electron chi connectivity index (χ1n) is 6.44. The number of hydrogen-bond donors (Lipinski definition) is 1. The minimum Gasteiger partial charge on any atom is -0.289 e. The SMILES string of the molecule is CNS(=O)(=O)c1ccc(C(=O)/C=C/c2cccc(Br)c2)cc1. The molecule has 2 aromatic carbocycles. The Bertz CT molecular complexity index is 812. The Morgan fingerprint density at radius 1 is 1.14 bits per heavy atom. The van der Waals surface area contributed by atoms with Crippen LogP contribution in [0.5, 0.6) is 0 Å². The number of benzene rings is 2. The third kappa shape index (κ3) is 4.13. The maximum Gasteiger partial charge on any atom is 0.240 e. The summed E-state index contributed by atoms with van der Waals surface area (Å²) in [4.78, 5) is 12.2. The van der Waals surface area contributed by atoms with Crippen LogP contribution >= 0.6 is 15.9 Å². The lowest BCUT2D eigenvalue weighted by atomic mass is 10.1. The second kappa shape index (κ2) is 7.00. The van der Waals surface area contributed by atoms with Gasteiger partial charge in [0, 0.05) is 10.0 Å². The molecule has 0 aliphatic carbocycles. The average molecular weight is 380 g/mol. The van der Waals surface area contributed by atoms with Crippen LogP contribution in [0.3, 0.4) is 0 Å². The van der Waals surface area contributed by atoms with Crippen LogP contribution in [0.15, 0.2) is 64.0 Å². The van der Waals surface area contributed by atoms with Crippen molar-refractivity contribution in [2.24, 2.45) is 0 Å². The van der Waals surface area contributed by atoms with Crippen molar-refractivity contribution in [3.63, 3.8) is 0 Å². The molecule has 1 N–H and O–H groups in total. The molecule has 22 heavy (non-hydrogen) atoms. The highest BCUT2D eigenvalue weighted by atomic mass is 79.9. The van der Waals surface area contributed by atoms with Crippen LogP contribution in [0.25, 0.3) is 6.08 Å². The van der Waals surface area contributed by atoms with E-state index in [9.17, 15) is 13.2 Å². The summed E-state index contributed by atoms with van der Waals surface area (Å²) in [7, 11) is -2.14. The van der Waals surface area contributed by atoms with Gasteiger partial charge in [-0.3, -0.25) is 4.79 Å². The molecule has 0 spiro atoms. The molecule has 0 atom stereocenters. The number of allylic oxidation sites excluding steroid dienone is 1. The van der Waals surface area contributed by atoms with Crippen molar-refractivity contribution >= 4 is 37.8 Å². The molecule has 0 bridgehead atoms. The van der Waals surface area contributed by atoms with Gasteiger partial charge in [0.15, 0.2) is 5.78 Å². The molecule has 0 aromatic heterocycles. The van der Waals surface area contributed by atoms with E-state index >= 15 is 0 Å². The summed E-state index contributed by atoms with van der Waals surface area (Å²) in [5.41, 5.74) is 1.33. The molecule has 0 saturated heterocycles. The molecular formula is C16H14BrNO3S. The molecule has 0 radical (unpaired) electrons. The van der Waals surface area contributed by atoms with Gasteiger partial charge in [-0.05, 0) is 55.1 Å². The van der Waals surface area contributed by atoms with Crippen LogP contribution in [0.1, 0.15) is 15.9 Å². The van der Waals surface area contributed by atoms with Crippen LogP contribution in [0, 0.1) is 0 Å². The minimum atomic E-state index is -3.49. The third-order valence-electron chi connectivity index (χ3n) is 2.99. The Hall–Kier alpha value is -1.76. The highest BCUT2D eigenvalue weighted by Gasteiger charge is 2.11. The topological polar surface area (TPSA) is 63.2 Å². The number of carbonyl (C=O) groups is 1. The van der Waals surface area contributed by atoms with E-state index in [1.54, 1.807) is 6.08 Å². The smallest absolute Gasteiger partial charge is 0.240 e. The summed E-state index contributed by atoms with van der Waals surface area (Å²) in [6, 6.07) is 13.4. The molecular weight excluding hydrogens is 366 g/mol. The van der Waals surface area contributed by atoms with Crippen LogP contribution in [-0.2, 0) is 10.0 Å². The zero-order chi connectivity index (χ0) is 16.2. The number of ketones is 1. The van der Waals surface area contributed by atoms with Gasteiger partial charge < -0.3 is 0 Å². The Morgan fingerprint density at radius 3 is 2.41 bits per heavy atom. The summed E-state index contributed by atoms with van der Waals surface area (Å²) in [6.07, 6.45) is 3.18. The van der Waals surface area contributed by atoms with E-state index in [1.165, 1.54) is 37.4 Å². The Morgan fingerprint density at radius 2 is 1.82 bits per heavy atom. The van der Waals surface area contributed by atoms with E-state index in [-0.39, 0.29) is 10.7 Å². The molecule has 0 fully saturated rings. The lowest BCUT2D eigenvalue weighted by molar-refractivity contribution is 0.104. The lowest BCUT2D eigenvalue weighted by Crippen LogP contribution is -2.18. The predicted octanol–water partition coefficient (Wildman–Crippen LogP) is 3.25. The van der Waals surface area contributed by atoms with Gasteiger partial charge in [0.05, 0.1) is 4.90 Å². The van der Waals surface area contributed by atoms with Crippen LogP contribution in [-0.4, -0.2) is 21.2 Å². The maximum atomic E-state index is 12.1. The minimum absolute atomic E-state index is 0.127. The van der Waals surface area contributed by atoms with E-state index in [0.29, 0.717) is 5.56 Å². The molecule has 2 aromatic rings. The van der Waals surface area contributed by atoms with Gasteiger partial charge in [0.1, 0.15) is 0 Å². The second-order valence-corrected chi connectivity index (χ2v) is 7.29. The van der Waals surface area contributed by atoms with Gasteiger partial charge in [-0.15, -0.1) is 0 Å². The predicted molar refractivity (Wildman–Crippen MR) is 90.2 cm³/mol. The van der Waals surface area contributed by atoms with Crippen molar-refractivity contribution in [1.82, 2.24) is 4.72 Å². The Kier molecular flexibility index (Phi) is 5.28. The van der Waals surface area contributed by atoms with Gasteiger partial charge >= 0.3 is 0 Å². The van der Waals surface area contributed by atoms with Crippen molar-refractivity contribution in [3.8, 4) is 0 Å². The van der Waals surface area contributed by atoms with E-state index in [4.69, 9.17) is 0 Å². The van der Waals surface area contributed by atoms with Gasteiger partial charge in [-0.1, -0.05) is 34.1 Å². The van der Waals surface area contributed by atoms with E-state index < -0.39 is 10.0 Å². The average Bonchev–Trinajstić information content (AvgIpc) is 2.53. The number of carbonyl (C=O) groups excluding carboxylic acids is 1. The normalized spacial score (nSPS) is 11.7. The molecule has 0 heterocycles. The zero-order valence-corrected chi connectivity index (χ0v) is 14.2. The third-order valence-corrected chi connectivity index (χ3v) is 4.92. The zero-order valence-electron chi connectivity index (χ0n) is 11.8. The molecule has 0 saturated carbocycles. The largest absolute Gasteiger partial charge is 0.289 e. The summed E-state index contributed by atoms with van der Waals surface area (Å²) < 4.78 is 26.4. The number of halogens is 1. The fourth-order valence-electron chi connectivity index (χ4n) is 1.79. The van der Waals surface area contributed by atoms with Crippen molar-refractivity contribution in [1.29, 1.82) is 0 Å². The monoisotopic (exact) mass is 379 g/mol. The number of hydrogen-bond acceptors (Lipinski definition) is 3. The van der Waals surface area contributed by atoms with E-state index in [2.05, 4.69) is 20.7 Å². The quantitative estimate of drug-likeness (QED) is 0.640. The highest BCUT2D eigenvalue weighted by Crippen LogP contribution is 2.14. The van der Waals surface area contributed by atoms with Gasteiger partial charge in [0.25, 0.3) is 0 Å². The van der Waals surface area contributed by atoms with Crippen molar-refractivity contribution in [3.05, 3.63) is 70.2 Å². The van der Waals surface area contributed by atoms with Crippen molar-refractivity contribution in [2.75, 3.05) is 7.05 Å². The summed E-state index contributed by atoms with van der Waals surface area (Å²) >= 11 is 3.37. The first-order valence-corrected chi connectivity index (χ1v) is 8.71. The second-order valence-electron chi connectivity index (χ2n) is 4.48. The fourth-order valence-corrected chi connectivity index (χ4v) is 2.94. The van der Waals surface area contributed by atoms with Gasteiger partial charge in [-0.25, -0.2) is 13.1 Å². The Labute approximate surface area is 138 Å². The standard InChI is InChI=1S/C16H14BrNO3S/c1-18-22(20,21)15-8-6-13(7-9-15)16(19)10-5-12-3-2-4-14(17)11-12/h2-11,18H,1H3/b10-5+. The lowest BCUT2D eigenvalue weighted by Gasteiger charge is -2.02. The molecule has 0 aliphatic rings. The Balaban J connectivity index is 2.17. The van der Waals surface area contributed by atoms with Crippen molar-refractivity contribution in [2.45, 2.75) is 4.90 Å². The molecule has 114 valence electrons. The molecule has 0 amide bonds. The van der Waals surface area contributed by atoms with Crippen molar-refractivity contribution < 1.29 is 13.2 Å². The fraction of sp³-hybridized carbons (Fsp3) is 0.0625. The molecule has 4 nitrogen and oxygen atoms in total. The summed E-state index contributed by atoms with van der Waals surface area (Å²) in [6.45, 7) is 0. The number of rotatable bonds is 5. The molecule has 2 rings (SSSR count). The van der Waals surface area contributed by atoms with Gasteiger partial charge in [0.2, 0.25) is 10.0 Å². The summed E-state index contributed by atoms with van der Waals surface area (Å²) in [5.74, 6) is -0.187. The van der Waals surface area contributed by atoms with E-state index in [0.717, 1.165) is 10.0 Å². The van der Waals surface area contributed by atoms with E-state index in [1.807, 2.05) is 24.3 Å². The first kappa shape index (κ1) is 16.6. The first-order chi connectivity index (χ1) is 10.4. The highest BCUT2D eigenvalue weighted by molar-refractivity contribution is 9.10. The van der Waals surface area contributed by atoms with Crippen LogP contribution < -0.4 is 4.72 Å². The molecule has 0 unspecified atom stereocenters. The van der Waals surface area contributed by atoms with Gasteiger partial charge in [-0.2, -0.15) is 0 Å². The summed E-state index contributed by atoms with van der Waals surface area (Å²) in [5, 5.41) is 0. The van der Waals surface area contributed by atoms with Crippen LogP contribution in [0.2, 0.25) is 0 Å². The molecule has 0 aliphatic heterocycles. The number of nitrogens with one attached hydrogen (secondary N) is 1.